The molecule has 0 spiro atoms. The molecule has 79 heavy (non-hydrogen) atoms. The normalized spacial score (nSPS) is 12.5. The van der Waals surface area contributed by atoms with Gasteiger partial charge in [0.1, 0.15) is 13.2 Å². The third-order valence-corrected chi connectivity index (χ3v) is 15.2. The second kappa shape index (κ2) is 67.4. The highest BCUT2D eigenvalue weighted by molar-refractivity contribution is 5.71. The smallest absolute Gasteiger partial charge is 0.306 e. The Balaban J connectivity index is 4.11. The van der Waals surface area contributed by atoms with Crippen LogP contribution in [0, 0.1) is 0 Å². The van der Waals surface area contributed by atoms with Crippen LogP contribution in [-0.2, 0) is 28.6 Å². The first-order chi connectivity index (χ1) is 39.0. The van der Waals surface area contributed by atoms with E-state index in [0.717, 1.165) is 96.3 Å². The molecule has 6 nitrogen and oxygen atoms in total. The fraction of sp³-hybridized carbons (Fsp3) is 0.795. The number of carbonyl (C=O) groups excluding carboxylic acids is 3. The van der Waals surface area contributed by atoms with Crippen LogP contribution in [-0.4, -0.2) is 37.2 Å². The molecule has 0 aliphatic carbocycles. The maximum Gasteiger partial charge on any atom is 0.306 e. The van der Waals surface area contributed by atoms with E-state index in [9.17, 15) is 14.4 Å². The van der Waals surface area contributed by atoms with Crippen LogP contribution >= 0.6 is 0 Å². The summed E-state index contributed by atoms with van der Waals surface area (Å²) >= 11 is 0. The van der Waals surface area contributed by atoms with Crippen LogP contribution in [0.3, 0.4) is 0 Å². The van der Waals surface area contributed by atoms with Crippen molar-refractivity contribution in [1.82, 2.24) is 0 Å². The molecule has 0 amide bonds. The maximum absolute atomic E-state index is 12.9. The summed E-state index contributed by atoms with van der Waals surface area (Å²) < 4.78 is 16.9. The second-order valence-corrected chi connectivity index (χ2v) is 23.1. The van der Waals surface area contributed by atoms with E-state index in [4.69, 9.17) is 14.2 Å². The zero-order valence-corrected chi connectivity index (χ0v) is 52.6. The Kier molecular flexibility index (Phi) is 64.7. The number of allylic oxidation sites excluding steroid dienone is 12. The van der Waals surface area contributed by atoms with Crippen molar-refractivity contribution in [3.05, 3.63) is 72.9 Å². The predicted molar refractivity (Wildman–Crippen MR) is 344 cm³/mol. The Bertz CT molecular complexity index is 1450. The number of carbonyl (C=O) groups is 3. The first-order valence-corrected chi connectivity index (χ1v) is 34.4. The highest BCUT2D eigenvalue weighted by Crippen LogP contribution is 2.18. The lowest BCUT2D eigenvalue weighted by Crippen LogP contribution is -2.30. The molecule has 0 saturated heterocycles. The van der Waals surface area contributed by atoms with E-state index < -0.39 is 6.10 Å². The minimum absolute atomic E-state index is 0.0722. The van der Waals surface area contributed by atoms with Gasteiger partial charge in [0.15, 0.2) is 6.10 Å². The molecule has 0 N–H and O–H groups in total. The van der Waals surface area contributed by atoms with Crippen molar-refractivity contribution in [2.24, 2.45) is 0 Å². The topological polar surface area (TPSA) is 78.9 Å². The van der Waals surface area contributed by atoms with Crippen LogP contribution in [0.1, 0.15) is 355 Å². The molecule has 1 unspecified atom stereocenters. The van der Waals surface area contributed by atoms with Gasteiger partial charge in [-0.1, -0.05) is 325 Å². The summed E-state index contributed by atoms with van der Waals surface area (Å²) in [6, 6.07) is 0. The van der Waals surface area contributed by atoms with Gasteiger partial charge in [-0.3, -0.25) is 14.4 Å². The van der Waals surface area contributed by atoms with Gasteiger partial charge in [0, 0.05) is 19.3 Å². The minimum atomic E-state index is -0.775. The van der Waals surface area contributed by atoms with Gasteiger partial charge in [0.05, 0.1) is 0 Å². The van der Waals surface area contributed by atoms with Crippen molar-refractivity contribution in [2.75, 3.05) is 13.2 Å². The van der Waals surface area contributed by atoms with Crippen LogP contribution in [0.4, 0.5) is 0 Å². The Morgan fingerprint density at radius 2 is 0.506 bits per heavy atom. The van der Waals surface area contributed by atoms with Gasteiger partial charge >= 0.3 is 17.9 Å². The lowest BCUT2D eigenvalue weighted by Gasteiger charge is -2.18. The fourth-order valence-corrected chi connectivity index (χ4v) is 10.0. The summed E-state index contributed by atoms with van der Waals surface area (Å²) in [4.78, 5) is 38.3. The Morgan fingerprint density at radius 3 is 0.823 bits per heavy atom. The molecule has 0 aromatic carbocycles. The molecular formula is C73H130O6. The van der Waals surface area contributed by atoms with E-state index in [0.29, 0.717) is 19.3 Å². The second-order valence-electron chi connectivity index (χ2n) is 23.1. The Morgan fingerprint density at radius 1 is 0.266 bits per heavy atom. The molecule has 6 heteroatoms. The largest absolute Gasteiger partial charge is 0.462 e. The molecule has 0 aliphatic rings. The van der Waals surface area contributed by atoms with Crippen LogP contribution in [0.5, 0.6) is 0 Å². The third-order valence-electron chi connectivity index (χ3n) is 15.2. The molecule has 0 aromatic rings. The molecule has 0 radical (unpaired) electrons. The van der Waals surface area contributed by atoms with Crippen molar-refractivity contribution >= 4 is 17.9 Å². The highest BCUT2D eigenvalue weighted by Gasteiger charge is 2.19. The van der Waals surface area contributed by atoms with E-state index in [1.165, 1.54) is 218 Å². The quantitative estimate of drug-likeness (QED) is 0.0261. The lowest BCUT2D eigenvalue weighted by molar-refractivity contribution is -0.167. The zero-order valence-electron chi connectivity index (χ0n) is 52.6. The Hall–Kier alpha value is -3.15. The van der Waals surface area contributed by atoms with Crippen LogP contribution in [0.2, 0.25) is 0 Å². The molecule has 0 aliphatic heterocycles. The standard InChI is InChI=1S/C73H130O6/c1-4-7-10-13-16-19-22-24-26-28-29-30-31-32-33-34-35-36-37-38-39-40-41-42-43-45-46-48-51-54-57-60-63-66-72(75)78-69-70(68-77-71(74)65-62-59-56-53-50-21-18-15-12-9-6-3)79-73(76)67-64-61-58-55-52-49-47-44-27-25-23-20-17-14-11-8-5-2/h7,10,15-16,18-19,24,26,29-30,32-33,70H,4-6,8-9,11-14,17,20-23,25,27-28,31,34-69H2,1-3H3/b10-7-,18-15-,19-16-,26-24-,30-29-,33-32-. The average Bonchev–Trinajstić information content (AvgIpc) is 3.45. The first-order valence-electron chi connectivity index (χ1n) is 34.4. The van der Waals surface area contributed by atoms with Gasteiger partial charge in [0.2, 0.25) is 0 Å². The number of hydrogen-bond donors (Lipinski definition) is 0. The van der Waals surface area contributed by atoms with E-state index in [1.807, 2.05) is 0 Å². The number of unbranched alkanes of at least 4 members (excludes halogenated alkanes) is 40. The number of hydrogen-bond acceptors (Lipinski definition) is 6. The van der Waals surface area contributed by atoms with Gasteiger partial charge in [-0.15, -0.1) is 0 Å². The van der Waals surface area contributed by atoms with Gasteiger partial charge in [-0.05, 0) is 83.5 Å². The monoisotopic (exact) mass is 1100 g/mol. The SMILES string of the molecule is CC/C=C\C/C=C\C/C=C\C/C=C\C/C=C\CCCCCCCCCCCCCCCCCCCC(=O)OCC(COC(=O)CCCCCCC/C=C\CCCC)OC(=O)CCCCCCCCCCCCCCCCCCC. The molecule has 0 rings (SSSR count). The van der Waals surface area contributed by atoms with E-state index >= 15 is 0 Å². The van der Waals surface area contributed by atoms with E-state index in [1.54, 1.807) is 0 Å². The number of ether oxygens (including phenoxy) is 3. The molecule has 0 saturated carbocycles. The van der Waals surface area contributed by atoms with Crippen molar-refractivity contribution < 1.29 is 28.6 Å². The van der Waals surface area contributed by atoms with Crippen LogP contribution in [0.25, 0.3) is 0 Å². The number of esters is 3. The highest BCUT2D eigenvalue weighted by atomic mass is 16.6. The third kappa shape index (κ3) is 65.5. The van der Waals surface area contributed by atoms with Gasteiger partial charge in [-0.25, -0.2) is 0 Å². The van der Waals surface area contributed by atoms with Crippen molar-refractivity contribution in [2.45, 2.75) is 361 Å². The average molecular weight is 1100 g/mol. The van der Waals surface area contributed by atoms with Crippen LogP contribution in [0.15, 0.2) is 72.9 Å². The van der Waals surface area contributed by atoms with Gasteiger partial charge in [0.25, 0.3) is 0 Å². The van der Waals surface area contributed by atoms with E-state index in [-0.39, 0.29) is 31.1 Å². The predicted octanol–water partition coefficient (Wildman–Crippen LogP) is 23.7. The van der Waals surface area contributed by atoms with Crippen molar-refractivity contribution in [1.29, 1.82) is 0 Å². The van der Waals surface area contributed by atoms with Gasteiger partial charge < -0.3 is 14.2 Å². The van der Waals surface area contributed by atoms with Crippen molar-refractivity contribution in [3.63, 3.8) is 0 Å². The molecule has 0 aromatic heterocycles. The van der Waals surface area contributed by atoms with Crippen molar-refractivity contribution in [3.8, 4) is 0 Å². The minimum Gasteiger partial charge on any atom is -0.462 e. The molecular weight excluding hydrogens is 973 g/mol. The maximum atomic E-state index is 12.9. The molecule has 0 bridgehead atoms. The fourth-order valence-electron chi connectivity index (χ4n) is 10.0. The summed E-state index contributed by atoms with van der Waals surface area (Å²) in [5.41, 5.74) is 0. The summed E-state index contributed by atoms with van der Waals surface area (Å²) in [7, 11) is 0. The number of rotatable bonds is 63. The lowest BCUT2D eigenvalue weighted by atomic mass is 10.0. The zero-order chi connectivity index (χ0) is 57.1. The summed E-state index contributed by atoms with van der Waals surface area (Å²) in [6.07, 6.45) is 87.9. The van der Waals surface area contributed by atoms with Gasteiger partial charge in [-0.2, -0.15) is 0 Å². The first kappa shape index (κ1) is 75.8. The van der Waals surface area contributed by atoms with E-state index in [2.05, 4.69) is 93.7 Å². The molecule has 1 atom stereocenters. The van der Waals surface area contributed by atoms with Crippen LogP contribution < -0.4 is 0 Å². The summed E-state index contributed by atoms with van der Waals surface area (Å²) in [5.74, 6) is -0.861. The molecule has 458 valence electrons. The summed E-state index contributed by atoms with van der Waals surface area (Å²) in [6.45, 7) is 6.53. The molecule has 0 heterocycles. The Labute approximate surface area is 491 Å². The summed E-state index contributed by atoms with van der Waals surface area (Å²) in [5, 5.41) is 0. The molecule has 0 fully saturated rings.